The van der Waals surface area contributed by atoms with Crippen LogP contribution in [-0.2, 0) is 57.2 Å². The lowest BCUT2D eigenvalue weighted by Crippen LogP contribution is -2.51. The quantitative estimate of drug-likeness (QED) is 0.0160. The summed E-state index contributed by atoms with van der Waals surface area (Å²) in [6.45, 7) is 4.28. The highest BCUT2D eigenvalue weighted by Crippen LogP contribution is 2.42. The summed E-state index contributed by atoms with van der Waals surface area (Å²) in [6, 6.07) is -2.11. The second-order valence-corrected chi connectivity index (χ2v) is 14.5. The lowest BCUT2D eigenvalue weighted by Gasteiger charge is -2.29. The Labute approximate surface area is 311 Å². The number of carbonyl (C=O) groups is 5. The van der Waals surface area contributed by atoms with E-state index in [1.54, 1.807) is 0 Å². The molecule has 0 heterocycles. The Morgan fingerprint density at radius 1 is 0.635 bits per heavy atom. The van der Waals surface area contributed by atoms with Crippen molar-refractivity contribution in [2.45, 2.75) is 69.6 Å². The Bertz CT molecular complexity index is 1020. The number of hydrogen-bond acceptors (Lipinski definition) is 16. The van der Waals surface area contributed by atoms with Gasteiger partial charge in [0.15, 0.2) is 0 Å². The third kappa shape index (κ3) is 24.1. The van der Waals surface area contributed by atoms with Crippen molar-refractivity contribution in [3.63, 3.8) is 0 Å². The van der Waals surface area contributed by atoms with Crippen molar-refractivity contribution in [2.75, 3.05) is 85.8 Å². The van der Waals surface area contributed by atoms with E-state index in [4.69, 9.17) is 36.4 Å². The minimum Gasteiger partial charge on any atom is -0.377 e. The van der Waals surface area contributed by atoms with Gasteiger partial charge in [-0.15, -0.1) is 12.2 Å². The van der Waals surface area contributed by atoms with Gasteiger partial charge in [-0.2, -0.15) is 0 Å². The Morgan fingerprint density at radius 2 is 1.08 bits per heavy atom. The molecule has 302 valence electrons. The zero-order valence-electron chi connectivity index (χ0n) is 30.0. The molecular weight excluding hydrogens is 727 g/mol. The maximum atomic E-state index is 13.2. The summed E-state index contributed by atoms with van der Waals surface area (Å²) in [5.41, 5.74) is 0. The number of carbonyl (C=O) groups excluding carboxylic acids is 5. The van der Waals surface area contributed by atoms with Gasteiger partial charge in [0.25, 0.3) is 0 Å². The van der Waals surface area contributed by atoms with Crippen LogP contribution in [0.4, 0.5) is 0 Å². The van der Waals surface area contributed by atoms with Crippen LogP contribution in [0, 0.1) is 5.92 Å². The maximum absolute atomic E-state index is 13.2. The Morgan fingerprint density at radius 3 is 1.54 bits per heavy atom. The summed E-state index contributed by atoms with van der Waals surface area (Å²) in [5, 5.41) is 13.6. The van der Waals surface area contributed by atoms with Crippen molar-refractivity contribution in [1.82, 2.24) is 26.6 Å². The Hall–Kier alpha value is -2.27. The molecule has 1 fully saturated rings. The average Bonchev–Trinajstić information content (AvgIpc) is 3.12. The normalized spacial score (nSPS) is 17.4. The second-order valence-electron chi connectivity index (χ2n) is 11.7. The molecule has 1 rings (SSSR count). The van der Waals surface area contributed by atoms with Gasteiger partial charge in [0, 0.05) is 38.4 Å². The molecule has 1 aliphatic rings. The van der Waals surface area contributed by atoms with Crippen LogP contribution in [0.15, 0.2) is 0 Å². The number of thiol groups is 1. The third-order valence-electron chi connectivity index (χ3n) is 7.65. The summed E-state index contributed by atoms with van der Waals surface area (Å²) in [6.07, 6.45) is 2.27. The monoisotopic (exact) mass is 786 g/mol. The predicted molar refractivity (Wildman–Crippen MR) is 193 cm³/mol. The molecule has 0 aliphatic heterocycles. The molecule has 0 saturated heterocycles. The van der Waals surface area contributed by atoms with Gasteiger partial charge < -0.3 is 59.8 Å². The van der Waals surface area contributed by atoms with Crippen LogP contribution >= 0.6 is 19.6 Å². The summed E-state index contributed by atoms with van der Waals surface area (Å²) in [7, 11) is -0.817. The summed E-state index contributed by atoms with van der Waals surface area (Å²) in [5.74, 6) is 12.4. The van der Waals surface area contributed by atoms with E-state index in [2.05, 4.69) is 53.3 Å². The zero-order chi connectivity index (χ0) is 38.4. The number of amides is 5. The van der Waals surface area contributed by atoms with E-state index in [1.807, 2.05) is 6.66 Å². The first kappa shape index (κ1) is 47.8. The van der Waals surface area contributed by atoms with Crippen LogP contribution in [0.5, 0.6) is 0 Å². The van der Waals surface area contributed by atoms with Crippen molar-refractivity contribution in [3.05, 3.63) is 0 Å². The first-order valence-electron chi connectivity index (χ1n) is 17.3. The van der Waals surface area contributed by atoms with Gasteiger partial charge in [-0.3, -0.25) is 24.0 Å². The van der Waals surface area contributed by atoms with Gasteiger partial charge in [-0.1, -0.05) is 0 Å². The summed E-state index contributed by atoms with van der Waals surface area (Å²) >= 11 is 4.34. The van der Waals surface area contributed by atoms with Gasteiger partial charge in [-0.05, 0) is 45.2 Å². The topological polar surface area (TPSA) is 288 Å². The van der Waals surface area contributed by atoms with Gasteiger partial charge in [-0.25, -0.2) is 17.7 Å². The van der Waals surface area contributed by atoms with Crippen LogP contribution in [0.25, 0.3) is 0 Å². The molecular formula is C30H59N8O12PS. The first-order valence-corrected chi connectivity index (χ1v) is 20.2. The molecule has 3 atom stereocenters. The minimum absolute atomic E-state index is 0.0114. The zero-order valence-corrected chi connectivity index (χ0v) is 31.8. The third-order valence-corrected chi connectivity index (χ3v) is 8.53. The van der Waals surface area contributed by atoms with Gasteiger partial charge >= 0.3 is 0 Å². The van der Waals surface area contributed by atoms with Crippen LogP contribution in [0.3, 0.4) is 0 Å². The number of ether oxygens (including phenoxy) is 3. The average molecular weight is 787 g/mol. The van der Waals surface area contributed by atoms with E-state index in [0.717, 1.165) is 0 Å². The molecule has 11 N–H and O–H groups in total. The standard InChI is InChI=1S/C30H59N8O12PS/c1-51(52)50-23-4-2-22(3-5-23)28(41)38-25(30(43)36-12-15-46-18-21-49-33)7-9-27(40)37-24(29(42)35-11-14-45-17-20-48-32)6-8-26(39)34-10-13-44-16-19-47-31/h22-25,52H,2-21,31-33H2,1H3,(H,34,39)(H,35,42)(H,36,43)(H,37,40)(H,38,41). The Balaban J connectivity index is 2.82. The lowest BCUT2D eigenvalue weighted by molar-refractivity contribution is -0.133. The van der Waals surface area contributed by atoms with Gasteiger partial charge in [0.1, 0.15) is 12.1 Å². The number of rotatable bonds is 31. The number of nitrogens with two attached hydrogens (primary N) is 3. The second kappa shape index (κ2) is 31.1. The molecule has 3 unspecified atom stereocenters. The van der Waals surface area contributed by atoms with E-state index >= 15 is 0 Å². The van der Waals surface area contributed by atoms with E-state index in [1.165, 1.54) is 0 Å². The molecule has 0 spiro atoms. The summed E-state index contributed by atoms with van der Waals surface area (Å²) < 4.78 is 21.7. The molecule has 52 heavy (non-hydrogen) atoms. The van der Waals surface area contributed by atoms with Crippen molar-refractivity contribution in [1.29, 1.82) is 0 Å². The van der Waals surface area contributed by atoms with Gasteiger partial charge in [0.2, 0.25) is 29.5 Å². The molecule has 0 aromatic carbocycles. The van der Waals surface area contributed by atoms with Crippen LogP contribution < -0.4 is 44.3 Å². The predicted octanol–water partition coefficient (Wildman–Crippen LogP) is -1.97. The molecule has 0 radical (unpaired) electrons. The fourth-order valence-electron chi connectivity index (χ4n) is 5.01. The smallest absolute Gasteiger partial charge is 0.242 e. The minimum atomic E-state index is -1.07. The number of hydrogen-bond donors (Lipinski definition) is 9. The SMILES string of the molecule is CP(S)OC1CCC(C(=O)NC(CCC(=O)NC(CCC(=O)NCCOCCON)C(=O)NCCOCCON)C(=O)NCCOCCON)CC1. The fraction of sp³-hybridized carbons (Fsp3) is 0.833. The number of nitrogens with one attached hydrogen (secondary N) is 5. The molecule has 1 saturated carbocycles. The fourth-order valence-corrected chi connectivity index (χ4v) is 6.05. The molecule has 1 aliphatic carbocycles. The lowest BCUT2D eigenvalue weighted by atomic mass is 9.86. The highest BCUT2D eigenvalue weighted by molar-refractivity contribution is 8.43. The highest BCUT2D eigenvalue weighted by atomic mass is 32.7. The molecule has 0 aromatic heterocycles. The van der Waals surface area contributed by atoms with Crippen molar-refractivity contribution in [3.8, 4) is 0 Å². The molecule has 0 bridgehead atoms. The van der Waals surface area contributed by atoms with E-state index < -0.39 is 37.2 Å². The highest BCUT2D eigenvalue weighted by Gasteiger charge is 2.31. The van der Waals surface area contributed by atoms with Crippen molar-refractivity contribution >= 4 is 49.1 Å². The van der Waals surface area contributed by atoms with Crippen LogP contribution in [0.2, 0.25) is 0 Å². The van der Waals surface area contributed by atoms with Gasteiger partial charge in [0.05, 0.1) is 72.9 Å². The first-order chi connectivity index (χ1) is 25.1. The van der Waals surface area contributed by atoms with Crippen LogP contribution in [0.1, 0.15) is 51.4 Å². The molecule has 22 heteroatoms. The molecule has 0 aromatic rings. The van der Waals surface area contributed by atoms with E-state index in [-0.39, 0.29) is 129 Å². The molecule has 5 amide bonds. The summed E-state index contributed by atoms with van der Waals surface area (Å²) in [4.78, 5) is 78.4. The molecule has 20 nitrogen and oxygen atoms in total. The largest absolute Gasteiger partial charge is 0.377 e. The van der Waals surface area contributed by atoms with Crippen LogP contribution in [-0.4, -0.2) is 133 Å². The van der Waals surface area contributed by atoms with E-state index in [9.17, 15) is 24.0 Å². The maximum Gasteiger partial charge on any atom is 0.242 e. The van der Waals surface area contributed by atoms with E-state index in [0.29, 0.717) is 25.7 Å². The van der Waals surface area contributed by atoms with Crippen molar-refractivity contribution in [2.24, 2.45) is 23.6 Å². The van der Waals surface area contributed by atoms with Crippen molar-refractivity contribution < 1.29 is 57.2 Å². The Kier molecular flexibility index (Phi) is 28.6.